The molecule has 0 saturated carbocycles. The molecule has 0 radical (unpaired) electrons. The molecule has 0 aliphatic rings. The third-order valence-electron chi connectivity index (χ3n) is 3.07. The van der Waals surface area contributed by atoms with Gasteiger partial charge in [0, 0.05) is 26.2 Å². The molecule has 21 heavy (non-hydrogen) atoms. The summed E-state index contributed by atoms with van der Waals surface area (Å²) in [6, 6.07) is 8.79. The monoisotopic (exact) mass is 306 g/mol. The molecule has 0 atom stereocenters. The van der Waals surface area contributed by atoms with E-state index in [-0.39, 0.29) is 22.6 Å². The molecule has 0 unspecified atom stereocenters. The molecule has 110 valence electrons. The van der Waals surface area contributed by atoms with Gasteiger partial charge in [-0.1, -0.05) is 18.2 Å². The minimum atomic E-state index is -0.355. The smallest absolute Gasteiger partial charge is 0.260 e. The number of carbonyl (C=O) groups excluding carboxylic acids is 2. The molecular weight excluding hydrogens is 292 g/mol. The van der Waals surface area contributed by atoms with Crippen molar-refractivity contribution in [2.24, 2.45) is 0 Å². The predicted molar refractivity (Wildman–Crippen MR) is 80.3 cm³/mol. The summed E-state index contributed by atoms with van der Waals surface area (Å²) in [7, 11) is 1.70. The van der Waals surface area contributed by atoms with Crippen molar-refractivity contribution in [3.8, 4) is 0 Å². The number of nitrogens with zero attached hydrogens (tertiary/aromatic N) is 1. The van der Waals surface area contributed by atoms with E-state index in [1.165, 1.54) is 19.3 Å². The van der Waals surface area contributed by atoms with Crippen LogP contribution in [0.1, 0.15) is 22.8 Å². The standard InChI is InChI=1S/C15H15ClN2O3/c1-10(19)18(2)9-11-5-3-4-6-13(11)17-15(20)12-7-8-21-14(12)16/h3-8H,9H2,1-2H3,(H,17,20). The highest BCUT2D eigenvalue weighted by atomic mass is 35.5. The Hall–Kier alpha value is -2.27. The van der Waals surface area contributed by atoms with E-state index in [1.54, 1.807) is 18.0 Å². The molecule has 2 amide bonds. The molecule has 0 fully saturated rings. The van der Waals surface area contributed by atoms with Gasteiger partial charge in [-0.2, -0.15) is 0 Å². The van der Waals surface area contributed by atoms with Crippen molar-refractivity contribution in [1.82, 2.24) is 4.90 Å². The lowest BCUT2D eigenvalue weighted by molar-refractivity contribution is -0.128. The maximum atomic E-state index is 12.1. The minimum absolute atomic E-state index is 0.0471. The van der Waals surface area contributed by atoms with Gasteiger partial charge in [-0.15, -0.1) is 0 Å². The number of furan rings is 1. The van der Waals surface area contributed by atoms with Crippen LogP contribution in [0.2, 0.25) is 5.22 Å². The van der Waals surface area contributed by atoms with Crippen LogP contribution in [-0.2, 0) is 11.3 Å². The normalized spacial score (nSPS) is 10.2. The number of para-hydroxylation sites is 1. The summed E-state index contributed by atoms with van der Waals surface area (Å²) >= 11 is 5.79. The molecule has 6 heteroatoms. The third-order valence-corrected chi connectivity index (χ3v) is 3.37. The molecule has 0 saturated heterocycles. The Morgan fingerprint density at radius 2 is 2.00 bits per heavy atom. The van der Waals surface area contributed by atoms with Crippen LogP contribution in [0.3, 0.4) is 0 Å². The Bertz CT molecular complexity index is 666. The summed E-state index contributed by atoms with van der Waals surface area (Å²) < 4.78 is 4.90. The number of anilines is 1. The van der Waals surface area contributed by atoms with E-state index >= 15 is 0 Å². The number of carbonyl (C=O) groups is 2. The SMILES string of the molecule is CC(=O)N(C)Cc1ccccc1NC(=O)c1ccoc1Cl. The van der Waals surface area contributed by atoms with Gasteiger partial charge >= 0.3 is 0 Å². The van der Waals surface area contributed by atoms with Crippen molar-refractivity contribution in [1.29, 1.82) is 0 Å². The van der Waals surface area contributed by atoms with Crippen molar-refractivity contribution >= 4 is 29.1 Å². The topological polar surface area (TPSA) is 62.6 Å². The number of halogens is 1. The van der Waals surface area contributed by atoms with E-state index in [2.05, 4.69) is 5.32 Å². The van der Waals surface area contributed by atoms with E-state index in [4.69, 9.17) is 16.0 Å². The fraction of sp³-hybridized carbons (Fsp3) is 0.200. The van der Waals surface area contributed by atoms with Crippen LogP contribution < -0.4 is 5.32 Å². The van der Waals surface area contributed by atoms with Gasteiger partial charge in [0.05, 0.1) is 11.8 Å². The van der Waals surface area contributed by atoms with Gasteiger partial charge in [0.1, 0.15) is 0 Å². The van der Waals surface area contributed by atoms with Crippen molar-refractivity contribution in [3.63, 3.8) is 0 Å². The fourth-order valence-corrected chi connectivity index (χ4v) is 1.99. The quantitative estimate of drug-likeness (QED) is 0.943. The van der Waals surface area contributed by atoms with Crippen LogP contribution in [0.25, 0.3) is 0 Å². The number of benzene rings is 1. The molecule has 0 aliphatic carbocycles. The molecule has 1 aromatic carbocycles. The van der Waals surface area contributed by atoms with Gasteiger partial charge in [0.15, 0.2) is 0 Å². The van der Waals surface area contributed by atoms with Crippen LogP contribution in [0.15, 0.2) is 41.0 Å². The summed E-state index contributed by atoms with van der Waals surface area (Å²) in [5, 5.41) is 2.82. The van der Waals surface area contributed by atoms with Gasteiger partial charge in [-0.05, 0) is 29.3 Å². The van der Waals surface area contributed by atoms with Crippen molar-refractivity contribution in [2.75, 3.05) is 12.4 Å². The lowest BCUT2D eigenvalue weighted by Gasteiger charge is -2.17. The zero-order chi connectivity index (χ0) is 15.4. The zero-order valence-corrected chi connectivity index (χ0v) is 12.5. The minimum Gasteiger partial charge on any atom is -0.452 e. The van der Waals surface area contributed by atoms with Gasteiger partial charge in [-0.3, -0.25) is 9.59 Å². The van der Waals surface area contributed by atoms with Gasteiger partial charge in [0.25, 0.3) is 5.91 Å². The molecule has 1 aromatic heterocycles. The molecule has 2 aromatic rings. The second-order valence-electron chi connectivity index (χ2n) is 4.59. The number of amides is 2. The lowest BCUT2D eigenvalue weighted by Crippen LogP contribution is -2.24. The highest BCUT2D eigenvalue weighted by Gasteiger charge is 2.15. The molecule has 1 N–H and O–H groups in total. The van der Waals surface area contributed by atoms with Crippen LogP contribution in [-0.4, -0.2) is 23.8 Å². The van der Waals surface area contributed by atoms with Crippen molar-refractivity contribution in [2.45, 2.75) is 13.5 Å². The average molecular weight is 307 g/mol. The van der Waals surface area contributed by atoms with Crippen LogP contribution in [0, 0.1) is 0 Å². The first-order valence-electron chi connectivity index (χ1n) is 6.33. The van der Waals surface area contributed by atoms with Crippen molar-refractivity contribution < 1.29 is 14.0 Å². The Morgan fingerprint density at radius 1 is 1.29 bits per heavy atom. The first kappa shape index (κ1) is 15.1. The second-order valence-corrected chi connectivity index (χ2v) is 4.94. The maximum Gasteiger partial charge on any atom is 0.260 e. The summed E-state index contributed by atoms with van der Waals surface area (Å²) in [6.07, 6.45) is 1.35. The fourth-order valence-electron chi connectivity index (χ4n) is 1.79. The summed E-state index contributed by atoms with van der Waals surface area (Å²) in [5.74, 6) is -0.402. The molecule has 0 aliphatic heterocycles. The van der Waals surface area contributed by atoms with Gasteiger partial charge in [0.2, 0.25) is 11.1 Å². The highest BCUT2D eigenvalue weighted by molar-refractivity contribution is 6.32. The summed E-state index contributed by atoms with van der Waals surface area (Å²) in [4.78, 5) is 25.0. The first-order valence-corrected chi connectivity index (χ1v) is 6.70. The molecule has 0 spiro atoms. The molecule has 2 rings (SSSR count). The second kappa shape index (κ2) is 6.45. The Labute approximate surface area is 127 Å². The zero-order valence-electron chi connectivity index (χ0n) is 11.7. The number of hydrogen-bond donors (Lipinski definition) is 1. The van der Waals surface area contributed by atoms with Crippen LogP contribution in [0.4, 0.5) is 5.69 Å². The molecular formula is C15H15ClN2O3. The Kier molecular flexibility index (Phi) is 4.65. The van der Waals surface area contributed by atoms with Crippen LogP contribution >= 0.6 is 11.6 Å². The largest absolute Gasteiger partial charge is 0.452 e. The van der Waals surface area contributed by atoms with E-state index in [0.717, 1.165) is 5.56 Å². The number of rotatable bonds is 4. The van der Waals surface area contributed by atoms with E-state index in [9.17, 15) is 9.59 Å². The Balaban J connectivity index is 2.19. The molecule has 5 nitrogen and oxygen atoms in total. The number of hydrogen-bond acceptors (Lipinski definition) is 3. The van der Waals surface area contributed by atoms with E-state index in [0.29, 0.717) is 12.2 Å². The average Bonchev–Trinajstić information content (AvgIpc) is 2.87. The summed E-state index contributed by atoms with van der Waals surface area (Å²) in [5.41, 5.74) is 1.74. The van der Waals surface area contributed by atoms with Gasteiger partial charge < -0.3 is 14.6 Å². The lowest BCUT2D eigenvalue weighted by atomic mass is 10.1. The third kappa shape index (κ3) is 3.64. The molecule has 1 heterocycles. The summed E-state index contributed by atoms with van der Waals surface area (Å²) in [6.45, 7) is 1.90. The Morgan fingerprint density at radius 3 is 2.62 bits per heavy atom. The maximum absolute atomic E-state index is 12.1. The molecule has 0 bridgehead atoms. The van der Waals surface area contributed by atoms with Gasteiger partial charge in [-0.25, -0.2) is 0 Å². The van der Waals surface area contributed by atoms with E-state index < -0.39 is 0 Å². The van der Waals surface area contributed by atoms with Crippen molar-refractivity contribution in [3.05, 3.63) is 52.9 Å². The highest BCUT2D eigenvalue weighted by Crippen LogP contribution is 2.21. The van der Waals surface area contributed by atoms with Crippen LogP contribution in [0.5, 0.6) is 0 Å². The van der Waals surface area contributed by atoms with E-state index in [1.807, 2.05) is 18.2 Å². The number of nitrogens with one attached hydrogen (secondary N) is 1. The predicted octanol–water partition coefficient (Wildman–Crippen LogP) is 3.16. The first-order chi connectivity index (χ1) is 9.99.